The van der Waals surface area contributed by atoms with Crippen LogP contribution in [0.5, 0.6) is 0 Å². The summed E-state index contributed by atoms with van der Waals surface area (Å²) in [5, 5.41) is 17.7. The Morgan fingerprint density at radius 2 is 2.26 bits per heavy atom. The minimum Gasteiger partial charge on any atom is -0.394 e. The van der Waals surface area contributed by atoms with E-state index in [1.807, 2.05) is 12.1 Å². The topological polar surface area (TPSA) is 71.2 Å². The van der Waals surface area contributed by atoms with Crippen LogP contribution in [0.4, 0.5) is 0 Å². The molecule has 2 atom stereocenters. The molecule has 0 saturated carbocycles. The van der Waals surface area contributed by atoms with Gasteiger partial charge in [-0.1, -0.05) is 36.3 Å². The highest BCUT2D eigenvalue weighted by molar-refractivity contribution is 7.99. The standard InChI is InChI=1S/C17H23N3O2S/c1-3-23-12(2)16-19-15(22-20-16)10-18-17(11-21)9-8-13-6-4-5-7-14(13)17/h4-7,12,18,21H,3,8-11H2,1-2H3. The van der Waals surface area contributed by atoms with Crippen LogP contribution in [0.2, 0.25) is 0 Å². The van der Waals surface area contributed by atoms with Crippen LogP contribution in [0, 0.1) is 0 Å². The number of thioether (sulfide) groups is 1. The van der Waals surface area contributed by atoms with E-state index in [1.165, 1.54) is 11.1 Å². The fraction of sp³-hybridized carbons (Fsp3) is 0.529. The number of fused-ring (bicyclic) bond motifs is 1. The number of benzene rings is 1. The van der Waals surface area contributed by atoms with E-state index in [4.69, 9.17) is 4.52 Å². The molecule has 0 saturated heterocycles. The maximum Gasteiger partial charge on any atom is 0.240 e. The third-order valence-electron chi connectivity index (χ3n) is 4.47. The minimum atomic E-state index is -0.408. The quantitative estimate of drug-likeness (QED) is 0.812. The molecule has 1 aliphatic rings. The minimum absolute atomic E-state index is 0.0626. The molecule has 1 aromatic heterocycles. The fourth-order valence-electron chi connectivity index (χ4n) is 3.17. The summed E-state index contributed by atoms with van der Waals surface area (Å²) >= 11 is 1.79. The van der Waals surface area contributed by atoms with Gasteiger partial charge in [0, 0.05) is 0 Å². The van der Waals surface area contributed by atoms with E-state index in [1.54, 1.807) is 11.8 Å². The number of aromatic nitrogens is 2. The van der Waals surface area contributed by atoms with E-state index in [0.29, 0.717) is 12.4 Å². The molecule has 1 aromatic carbocycles. The number of aryl methyl sites for hydroxylation is 1. The molecule has 0 aliphatic heterocycles. The van der Waals surface area contributed by atoms with Crippen molar-refractivity contribution < 1.29 is 9.63 Å². The summed E-state index contributed by atoms with van der Waals surface area (Å²) in [6, 6.07) is 8.28. The van der Waals surface area contributed by atoms with Crippen molar-refractivity contribution in [2.75, 3.05) is 12.4 Å². The SMILES string of the molecule is CCSC(C)c1noc(CNC2(CO)CCc3ccccc32)n1. The van der Waals surface area contributed by atoms with Crippen molar-refractivity contribution in [3.05, 3.63) is 47.1 Å². The molecule has 2 aromatic rings. The number of rotatable bonds is 7. The molecule has 1 aliphatic carbocycles. The first-order valence-corrected chi connectivity index (χ1v) is 9.12. The predicted octanol–water partition coefficient (Wildman–Crippen LogP) is 2.81. The van der Waals surface area contributed by atoms with E-state index in [2.05, 4.69) is 41.4 Å². The smallest absolute Gasteiger partial charge is 0.240 e. The molecule has 2 unspecified atom stereocenters. The zero-order valence-corrected chi connectivity index (χ0v) is 14.4. The lowest BCUT2D eigenvalue weighted by atomic mass is 9.92. The molecule has 5 nitrogen and oxygen atoms in total. The highest BCUT2D eigenvalue weighted by atomic mass is 32.2. The van der Waals surface area contributed by atoms with Crippen molar-refractivity contribution in [3.63, 3.8) is 0 Å². The lowest BCUT2D eigenvalue weighted by Gasteiger charge is -2.29. The molecule has 1 heterocycles. The second-order valence-electron chi connectivity index (χ2n) is 5.89. The highest BCUT2D eigenvalue weighted by Gasteiger charge is 2.37. The van der Waals surface area contributed by atoms with Crippen molar-refractivity contribution in [1.82, 2.24) is 15.5 Å². The number of nitrogens with one attached hydrogen (secondary N) is 1. The summed E-state index contributed by atoms with van der Waals surface area (Å²) in [5.74, 6) is 2.33. The van der Waals surface area contributed by atoms with Crippen LogP contribution < -0.4 is 5.32 Å². The zero-order chi connectivity index (χ0) is 16.3. The van der Waals surface area contributed by atoms with E-state index in [-0.39, 0.29) is 11.9 Å². The maximum absolute atomic E-state index is 9.97. The van der Waals surface area contributed by atoms with Crippen molar-refractivity contribution in [3.8, 4) is 0 Å². The van der Waals surface area contributed by atoms with Gasteiger partial charge in [0.2, 0.25) is 5.89 Å². The number of hydrogen-bond acceptors (Lipinski definition) is 6. The van der Waals surface area contributed by atoms with Crippen molar-refractivity contribution in [2.24, 2.45) is 0 Å². The molecule has 3 rings (SSSR count). The Hall–Kier alpha value is -1.37. The molecular weight excluding hydrogens is 310 g/mol. The van der Waals surface area contributed by atoms with Gasteiger partial charge < -0.3 is 9.63 Å². The van der Waals surface area contributed by atoms with Gasteiger partial charge >= 0.3 is 0 Å². The van der Waals surface area contributed by atoms with Crippen molar-refractivity contribution in [1.29, 1.82) is 0 Å². The number of nitrogens with zero attached hydrogens (tertiary/aromatic N) is 2. The lowest BCUT2D eigenvalue weighted by molar-refractivity contribution is 0.154. The Labute approximate surface area is 140 Å². The fourth-order valence-corrected chi connectivity index (χ4v) is 3.91. The van der Waals surface area contributed by atoms with Gasteiger partial charge in [0.25, 0.3) is 0 Å². The van der Waals surface area contributed by atoms with Crippen LogP contribution in [-0.2, 0) is 18.5 Å². The second kappa shape index (κ2) is 7.03. The molecule has 0 spiro atoms. The molecule has 0 amide bonds. The van der Waals surface area contributed by atoms with Crippen LogP contribution in [0.15, 0.2) is 28.8 Å². The molecule has 6 heteroatoms. The Kier molecular flexibility index (Phi) is 5.04. The average molecular weight is 333 g/mol. The number of hydrogen-bond donors (Lipinski definition) is 2. The van der Waals surface area contributed by atoms with E-state index in [0.717, 1.165) is 24.4 Å². The van der Waals surface area contributed by atoms with Crippen molar-refractivity contribution in [2.45, 2.75) is 44.0 Å². The van der Waals surface area contributed by atoms with Gasteiger partial charge in [0.05, 0.1) is 23.9 Å². The molecule has 23 heavy (non-hydrogen) atoms. The van der Waals surface area contributed by atoms with Crippen LogP contribution >= 0.6 is 11.8 Å². The van der Waals surface area contributed by atoms with Crippen LogP contribution in [0.3, 0.4) is 0 Å². The van der Waals surface area contributed by atoms with Gasteiger partial charge in [-0.15, -0.1) is 0 Å². The summed E-state index contributed by atoms with van der Waals surface area (Å²) in [6.07, 6.45) is 1.86. The summed E-state index contributed by atoms with van der Waals surface area (Å²) in [6.45, 7) is 4.73. The Morgan fingerprint density at radius 3 is 3.04 bits per heavy atom. The largest absolute Gasteiger partial charge is 0.394 e. The first-order valence-electron chi connectivity index (χ1n) is 8.07. The Bertz CT molecular complexity index is 661. The highest BCUT2D eigenvalue weighted by Crippen LogP contribution is 2.36. The lowest BCUT2D eigenvalue weighted by Crippen LogP contribution is -2.43. The molecule has 0 radical (unpaired) electrons. The van der Waals surface area contributed by atoms with Gasteiger partial charge in [-0.05, 0) is 36.6 Å². The Morgan fingerprint density at radius 1 is 1.43 bits per heavy atom. The Balaban J connectivity index is 1.70. The number of aliphatic hydroxyl groups is 1. The van der Waals surface area contributed by atoms with Crippen LogP contribution in [0.1, 0.15) is 48.4 Å². The normalized spacial score (nSPS) is 21.3. The first kappa shape index (κ1) is 16.5. The van der Waals surface area contributed by atoms with E-state index in [9.17, 15) is 5.11 Å². The van der Waals surface area contributed by atoms with Gasteiger partial charge in [0.15, 0.2) is 5.82 Å². The van der Waals surface area contributed by atoms with E-state index < -0.39 is 5.54 Å². The molecule has 0 bridgehead atoms. The second-order valence-corrected chi connectivity index (χ2v) is 7.51. The van der Waals surface area contributed by atoms with Crippen LogP contribution in [0.25, 0.3) is 0 Å². The van der Waals surface area contributed by atoms with E-state index >= 15 is 0 Å². The molecular formula is C17H23N3O2S. The van der Waals surface area contributed by atoms with Crippen LogP contribution in [-0.4, -0.2) is 27.6 Å². The van der Waals surface area contributed by atoms with Crippen molar-refractivity contribution >= 4 is 11.8 Å². The summed E-state index contributed by atoms with van der Waals surface area (Å²) in [5.41, 5.74) is 2.07. The average Bonchev–Trinajstić information content (AvgIpc) is 3.19. The first-order chi connectivity index (χ1) is 11.2. The molecule has 2 N–H and O–H groups in total. The summed E-state index contributed by atoms with van der Waals surface area (Å²) in [7, 11) is 0. The molecule has 0 fully saturated rings. The van der Waals surface area contributed by atoms with Gasteiger partial charge in [-0.25, -0.2) is 0 Å². The van der Waals surface area contributed by atoms with Gasteiger partial charge in [-0.3, -0.25) is 5.32 Å². The molecule has 124 valence electrons. The third-order valence-corrected chi connectivity index (χ3v) is 5.51. The maximum atomic E-state index is 9.97. The zero-order valence-electron chi connectivity index (χ0n) is 13.6. The number of aliphatic hydroxyl groups excluding tert-OH is 1. The third kappa shape index (κ3) is 3.29. The van der Waals surface area contributed by atoms with Gasteiger partial charge in [-0.2, -0.15) is 16.7 Å². The summed E-state index contributed by atoms with van der Waals surface area (Å²) in [4.78, 5) is 4.47. The monoisotopic (exact) mass is 333 g/mol. The predicted molar refractivity (Wildman–Crippen MR) is 91.2 cm³/mol. The van der Waals surface area contributed by atoms with Gasteiger partial charge in [0.1, 0.15) is 0 Å². The summed E-state index contributed by atoms with van der Waals surface area (Å²) < 4.78 is 5.35.